The highest BCUT2D eigenvalue weighted by molar-refractivity contribution is 5.42. The van der Waals surface area contributed by atoms with Gasteiger partial charge in [0, 0.05) is 11.4 Å². The number of nitrogens with zero attached hydrogens (tertiary/aromatic N) is 2. The van der Waals surface area contributed by atoms with Crippen LogP contribution in [0.2, 0.25) is 0 Å². The van der Waals surface area contributed by atoms with E-state index in [0.717, 1.165) is 23.0 Å². The molecular formula is C10H13N3O. The van der Waals surface area contributed by atoms with Crippen molar-refractivity contribution in [1.29, 1.82) is 0 Å². The van der Waals surface area contributed by atoms with Crippen molar-refractivity contribution < 1.29 is 4.74 Å². The van der Waals surface area contributed by atoms with Gasteiger partial charge in [-0.2, -0.15) is 5.10 Å². The van der Waals surface area contributed by atoms with Gasteiger partial charge < -0.3 is 9.30 Å². The summed E-state index contributed by atoms with van der Waals surface area (Å²) in [5, 5.41) is 6.89. The Kier molecular flexibility index (Phi) is 2.04. The van der Waals surface area contributed by atoms with E-state index >= 15 is 0 Å². The van der Waals surface area contributed by atoms with Crippen LogP contribution in [0.5, 0.6) is 5.75 Å². The second-order valence-electron chi connectivity index (χ2n) is 3.24. The van der Waals surface area contributed by atoms with Crippen LogP contribution in [0.15, 0.2) is 18.3 Å². The molecule has 0 fully saturated rings. The van der Waals surface area contributed by atoms with E-state index in [1.54, 1.807) is 13.3 Å². The SMILES string of the molecule is COc1cn[nH]c1-n1c(C)ccc1C. The molecule has 0 aliphatic carbocycles. The summed E-state index contributed by atoms with van der Waals surface area (Å²) in [4.78, 5) is 0. The summed E-state index contributed by atoms with van der Waals surface area (Å²) in [5.74, 6) is 1.64. The summed E-state index contributed by atoms with van der Waals surface area (Å²) in [6, 6.07) is 4.13. The number of aromatic nitrogens is 3. The Morgan fingerprint density at radius 3 is 2.50 bits per heavy atom. The van der Waals surface area contributed by atoms with Gasteiger partial charge >= 0.3 is 0 Å². The molecule has 1 N–H and O–H groups in total. The lowest BCUT2D eigenvalue weighted by molar-refractivity contribution is 0.412. The number of ether oxygens (including phenoxy) is 1. The van der Waals surface area contributed by atoms with Gasteiger partial charge in [-0.1, -0.05) is 0 Å². The summed E-state index contributed by atoms with van der Waals surface area (Å²) in [6.45, 7) is 4.10. The number of rotatable bonds is 2. The quantitative estimate of drug-likeness (QED) is 0.786. The fourth-order valence-electron chi connectivity index (χ4n) is 1.60. The molecule has 74 valence electrons. The Morgan fingerprint density at radius 1 is 1.29 bits per heavy atom. The molecular weight excluding hydrogens is 178 g/mol. The first-order valence-electron chi connectivity index (χ1n) is 4.46. The molecule has 0 saturated carbocycles. The molecule has 2 heterocycles. The molecule has 0 radical (unpaired) electrons. The molecule has 0 atom stereocenters. The molecule has 0 aliphatic rings. The predicted molar refractivity (Wildman–Crippen MR) is 53.9 cm³/mol. The minimum Gasteiger partial charge on any atom is -0.491 e. The average Bonchev–Trinajstić information content (AvgIpc) is 2.73. The molecule has 4 nitrogen and oxygen atoms in total. The smallest absolute Gasteiger partial charge is 0.181 e. The lowest BCUT2D eigenvalue weighted by atomic mass is 10.4. The third kappa shape index (κ3) is 1.19. The Labute approximate surface area is 82.5 Å². The lowest BCUT2D eigenvalue weighted by Crippen LogP contribution is -2.01. The van der Waals surface area contributed by atoms with Crippen LogP contribution >= 0.6 is 0 Å². The minimum atomic E-state index is 0.757. The van der Waals surface area contributed by atoms with Crippen molar-refractivity contribution in [3.05, 3.63) is 29.7 Å². The molecule has 2 rings (SSSR count). The monoisotopic (exact) mass is 191 g/mol. The minimum absolute atomic E-state index is 0.757. The molecule has 0 bridgehead atoms. The zero-order valence-corrected chi connectivity index (χ0v) is 8.53. The van der Waals surface area contributed by atoms with E-state index in [1.165, 1.54) is 0 Å². The van der Waals surface area contributed by atoms with Gasteiger partial charge in [-0.25, -0.2) is 0 Å². The first kappa shape index (κ1) is 8.87. The highest BCUT2D eigenvalue weighted by atomic mass is 16.5. The second kappa shape index (κ2) is 3.21. The molecule has 0 unspecified atom stereocenters. The number of methoxy groups -OCH3 is 1. The van der Waals surface area contributed by atoms with Gasteiger partial charge in [0.25, 0.3) is 0 Å². The summed E-state index contributed by atoms with van der Waals surface area (Å²) in [6.07, 6.45) is 1.67. The van der Waals surface area contributed by atoms with Gasteiger partial charge in [0.1, 0.15) is 0 Å². The van der Waals surface area contributed by atoms with Crippen molar-refractivity contribution in [1.82, 2.24) is 14.8 Å². The largest absolute Gasteiger partial charge is 0.491 e. The van der Waals surface area contributed by atoms with Gasteiger partial charge in [-0.05, 0) is 26.0 Å². The number of nitrogens with one attached hydrogen (secondary N) is 1. The van der Waals surface area contributed by atoms with Crippen molar-refractivity contribution >= 4 is 0 Å². The standard InChI is InChI=1S/C10H13N3O/c1-7-4-5-8(2)13(7)10-9(14-3)6-11-12-10/h4-6H,1-3H3,(H,11,12). The van der Waals surface area contributed by atoms with Crippen LogP contribution in [0, 0.1) is 13.8 Å². The molecule has 0 aliphatic heterocycles. The third-order valence-electron chi connectivity index (χ3n) is 2.30. The van der Waals surface area contributed by atoms with Crippen molar-refractivity contribution in [2.45, 2.75) is 13.8 Å². The van der Waals surface area contributed by atoms with Crippen LogP contribution in [-0.2, 0) is 0 Å². The fourth-order valence-corrected chi connectivity index (χ4v) is 1.60. The number of aromatic amines is 1. The molecule has 0 saturated heterocycles. The third-order valence-corrected chi connectivity index (χ3v) is 2.30. The molecule has 2 aromatic rings. The van der Waals surface area contributed by atoms with Crippen LogP contribution < -0.4 is 4.74 Å². The maximum Gasteiger partial charge on any atom is 0.181 e. The lowest BCUT2D eigenvalue weighted by Gasteiger charge is -2.07. The normalized spacial score (nSPS) is 10.5. The highest BCUT2D eigenvalue weighted by Crippen LogP contribution is 2.22. The Hall–Kier alpha value is -1.71. The Morgan fingerprint density at radius 2 is 1.93 bits per heavy atom. The summed E-state index contributed by atoms with van der Waals surface area (Å²) < 4.78 is 7.28. The van der Waals surface area contributed by atoms with Crippen molar-refractivity contribution in [3.8, 4) is 11.6 Å². The molecule has 0 spiro atoms. The van der Waals surface area contributed by atoms with Crippen LogP contribution in [0.3, 0.4) is 0 Å². The maximum absolute atomic E-state index is 5.20. The molecule has 4 heteroatoms. The number of hydrogen-bond acceptors (Lipinski definition) is 2. The molecule has 14 heavy (non-hydrogen) atoms. The van der Waals surface area contributed by atoms with Gasteiger partial charge in [-0.3, -0.25) is 5.10 Å². The Balaban J connectivity index is 2.59. The zero-order valence-electron chi connectivity index (χ0n) is 8.53. The van der Waals surface area contributed by atoms with E-state index in [9.17, 15) is 0 Å². The van der Waals surface area contributed by atoms with Crippen LogP contribution in [0.4, 0.5) is 0 Å². The molecule has 0 amide bonds. The second-order valence-corrected chi connectivity index (χ2v) is 3.24. The summed E-state index contributed by atoms with van der Waals surface area (Å²) in [7, 11) is 1.64. The fraction of sp³-hybridized carbons (Fsp3) is 0.300. The van der Waals surface area contributed by atoms with Crippen molar-refractivity contribution in [2.24, 2.45) is 0 Å². The number of H-pyrrole nitrogens is 1. The first-order chi connectivity index (χ1) is 6.74. The zero-order chi connectivity index (χ0) is 10.1. The van der Waals surface area contributed by atoms with Gasteiger partial charge in [-0.15, -0.1) is 0 Å². The van der Waals surface area contributed by atoms with E-state index in [1.807, 2.05) is 13.8 Å². The molecule has 0 aromatic carbocycles. The predicted octanol–water partition coefficient (Wildman–Crippen LogP) is 1.83. The maximum atomic E-state index is 5.20. The van der Waals surface area contributed by atoms with E-state index in [4.69, 9.17) is 4.74 Å². The number of hydrogen-bond donors (Lipinski definition) is 1. The van der Waals surface area contributed by atoms with Gasteiger partial charge in [0.05, 0.1) is 13.3 Å². The van der Waals surface area contributed by atoms with Crippen molar-refractivity contribution in [2.75, 3.05) is 7.11 Å². The van der Waals surface area contributed by atoms with Gasteiger partial charge in [0.15, 0.2) is 11.6 Å². The first-order valence-corrected chi connectivity index (χ1v) is 4.46. The van der Waals surface area contributed by atoms with E-state index < -0.39 is 0 Å². The molecule has 2 aromatic heterocycles. The average molecular weight is 191 g/mol. The van der Waals surface area contributed by atoms with Crippen LogP contribution in [0.25, 0.3) is 5.82 Å². The van der Waals surface area contributed by atoms with E-state index in [2.05, 4.69) is 26.9 Å². The van der Waals surface area contributed by atoms with Crippen LogP contribution in [0.1, 0.15) is 11.4 Å². The number of aryl methyl sites for hydroxylation is 2. The van der Waals surface area contributed by atoms with Crippen LogP contribution in [-0.4, -0.2) is 21.9 Å². The highest BCUT2D eigenvalue weighted by Gasteiger charge is 2.10. The van der Waals surface area contributed by atoms with Crippen molar-refractivity contribution in [3.63, 3.8) is 0 Å². The summed E-state index contributed by atoms with van der Waals surface area (Å²) >= 11 is 0. The van der Waals surface area contributed by atoms with E-state index in [-0.39, 0.29) is 0 Å². The Bertz CT molecular complexity index is 422. The van der Waals surface area contributed by atoms with Gasteiger partial charge in [0.2, 0.25) is 0 Å². The topological polar surface area (TPSA) is 42.8 Å². The van der Waals surface area contributed by atoms with E-state index in [0.29, 0.717) is 0 Å². The summed E-state index contributed by atoms with van der Waals surface area (Å²) in [5.41, 5.74) is 2.31.